The number of rotatable bonds is 5. The fraction of sp³-hybridized carbons (Fsp3) is 0.211. The first-order valence-corrected chi connectivity index (χ1v) is 10.3. The van der Waals surface area contributed by atoms with Crippen molar-refractivity contribution in [3.05, 3.63) is 53.3 Å². The third-order valence-corrected chi connectivity index (χ3v) is 5.37. The van der Waals surface area contributed by atoms with Gasteiger partial charge in [0.05, 0.1) is 5.56 Å². The van der Waals surface area contributed by atoms with Crippen molar-refractivity contribution >= 4 is 9.84 Å². The molecule has 31 heavy (non-hydrogen) atoms. The molecule has 0 spiro atoms. The van der Waals surface area contributed by atoms with Gasteiger partial charge in [0.1, 0.15) is 28.0 Å². The summed E-state index contributed by atoms with van der Waals surface area (Å²) in [5.41, 5.74) is -1.18. The number of alkyl halides is 4. The van der Waals surface area contributed by atoms with Crippen LogP contribution in [0.3, 0.4) is 0 Å². The van der Waals surface area contributed by atoms with E-state index in [1.54, 1.807) is 0 Å². The Bertz CT molecular complexity index is 1250. The van der Waals surface area contributed by atoms with Crippen molar-refractivity contribution in [3.8, 4) is 28.1 Å². The molecule has 0 fully saturated rings. The van der Waals surface area contributed by atoms with Crippen LogP contribution in [0.5, 0.6) is 5.75 Å². The topological polar surface area (TPSA) is 69.4 Å². The summed E-state index contributed by atoms with van der Waals surface area (Å²) in [6.45, 7) is 0.0511. The van der Waals surface area contributed by atoms with Crippen LogP contribution in [0.15, 0.2) is 39.8 Å². The Kier molecular flexibility index (Phi) is 5.78. The van der Waals surface area contributed by atoms with E-state index in [2.05, 4.69) is 9.89 Å². The molecule has 0 atom stereocenters. The summed E-state index contributed by atoms with van der Waals surface area (Å²) in [6.07, 6.45) is -4.31. The maximum atomic E-state index is 14.7. The van der Waals surface area contributed by atoms with Crippen molar-refractivity contribution < 1.29 is 44.0 Å². The van der Waals surface area contributed by atoms with E-state index in [1.165, 1.54) is 19.1 Å². The number of sulfone groups is 1. The number of ether oxygens (including phenoxy) is 1. The van der Waals surface area contributed by atoms with Crippen molar-refractivity contribution in [2.45, 2.75) is 24.9 Å². The SMILES string of the molecule is Cc1ccc(-c2noc(CF)c2-c2cc(F)c(S(C)(=O)=O)cc2F)cc1OC(F)(F)F. The molecule has 0 saturated heterocycles. The van der Waals surface area contributed by atoms with Crippen LogP contribution in [0.25, 0.3) is 22.4 Å². The second kappa shape index (κ2) is 7.91. The monoisotopic (exact) mass is 465 g/mol. The van der Waals surface area contributed by atoms with Gasteiger partial charge < -0.3 is 9.26 Å². The summed E-state index contributed by atoms with van der Waals surface area (Å²) in [4.78, 5) is -0.912. The van der Waals surface area contributed by atoms with Gasteiger partial charge in [-0.05, 0) is 30.7 Å². The molecule has 0 amide bonds. The molecule has 0 N–H and O–H groups in total. The highest BCUT2D eigenvalue weighted by Gasteiger charge is 2.32. The molecule has 1 aromatic heterocycles. The first kappa shape index (κ1) is 22.7. The van der Waals surface area contributed by atoms with Crippen LogP contribution in [0, 0.1) is 18.6 Å². The third kappa shape index (κ3) is 4.68. The standard InChI is InChI=1S/C19H13F6NO4S/c1-9-3-4-10(5-14(9)29-19(23,24)25)18-17(15(8-20)30-26-18)11-6-13(22)16(7-12(11)21)31(2,27)28/h3-7H,8H2,1-2H3. The number of hydrogen-bond donors (Lipinski definition) is 0. The summed E-state index contributed by atoms with van der Waals surface area (Å²) in [7, 11) is -4.10. The summed E-state index contributed by atoms with van der Waals surface area (Å²) in [6, 6.07) is 4.45. The van der Waals surface area contributed by atoms with E-state index in [1.807, 2.05) is 0 Å². The maximum Gasteiger partial charge on any atom is 0.573 e. The molecule has 0 aliphatic carbocycles. The lowest BCUT2D eigenvalue weighted by Crippen LogP contribution is -2.17. The van der Waals surface area contributed by atoms with Crippen molar-refractivity contribution in [2.75, 3.05) is 6.26 Å². The fourth-order valence-electron chi connectivity index (χ4n) is 2.88. The number of nitrogens with zero attached hydrogens (tertiary/aromatic N) is 1. The van der Waals surface area contributed by atoms with Gasteiger partial charge in [-0.25, -0.2) is 21.6 Å². The van der Waals surface area contributed by atoms with E-state index in [0.717, 1.165) is 6.07 Å². The summed E-state index contributed by atoms with van der Waals surface area (Å²) in [5.74, 6) is -3.64. The average Bonchev–Trinajstić information content (AvgIpc) is 3.07. The van der Waals surface area contributed by atoms with E-state index in [4.69, 9.17) is 4.52 Å². The molecule has 0 bridgehead atoms. The highest BCUT2D eigenvalue weighted by Crippen LogP contribution is 2.40. The fourth-order valence-corrected chi connectivity index (χ4v) is 3.61. The van der Waals surface area contributed by atoms with E-state index in [9.17, 15) is 34.8 Å². The minimum atomic E-state index is -4.99. The van der Waals surface area contributed by atoms with Gasteiger partial charge in [0.15, 0.2) is 22.3 Å². The summed E-state index contributed by atoms with van der Waals surface area (Å²) < 4.78 is 112. The highest BCUT2D eigenvalue weighted by atomic mass is 32.2. The van der Waals surface area contributed by atoms with Gasteiger partial charge in [-0.2, -0.15) is 0 Å². The number of hydrogen-bond acceptors (Lipinski definition) is 5. The lowest BCUT2D eigenvalue weighted by Gasteiger charge is -2.13. The minimum absolute atomic E-state index is 0.0599. The third-order valence-electron chi connectivity index (χ3n) is 4.26. The molecule has 0 aliphatic heterocycles. The first-order valence-electron chi connectivity index (χ1n) is 8.42. The average molecular weight is 465 g/mol. The van der Waals surface area contributed by atoms with Crippen molar-refractivity contribution in [1.82, 2.24) is 5.16 Å². The van der Waals surface area contributed by atoms with Crippen LogP contribution in [0.4, 0.5) is 26.3 Å². The zero-order valence-corrected chi connectivity index (χ0v) is 16.7. The largest absolute Gasteiger partial charge is 0.573 e. The Morgan fingerprint density at radius 1 is 1.10 bits per heavy atom. The Balaban J connectivity index is 2.22. The molecular formula is C19H13F6NO4S. The quantitative estimate of drug-likeness (QED) is 0.474. The van der Waals surface area contributed by atoms with Gasteiger partial charge in [-0.1, -0.05) is 17.3 Å². The number of aryl methyl sites for hydroxylation is 1. The Morgan fingerprint density at radius 3 is 2.35 bits per heavy atom. The Morgan fingerprint density at radius 2 is 1.77 bits per heavy atom. The van der Waals surface area contributed by atoms with Crippen LogP contribution >= 0.6 is 0 Å². The molecule has 0 aliphatic rings. The maximum absolute atomic E-state index is 14.7. The summed E-state index contributed by atoms with van der Waals surface area (Å²) in [5, 5.41) is 3.58. The zero-order valence-electron chi connectivity index (χ0n) is 15.9. The van der Waals surface area contributed by atoms with Gasteiger partial charge in [-0.15, -0.1) is 13.2 Å². The predicted molar refractivity (Wildman–Crippen MR) is 96.6 cm³/mol. The van der Waals surface area contributed by atoms with Crippen LogP contribution in [-0.4, -0.2) is 26.2 Å². The molecule has 12 heteroatoms. The van der Waals surface area contributed by atoms with Crippen molar-refractivity contribution in [2.24, 2.45) is 0 Å². The number of halogens is 6. The normalized spacial score (nSPS) is 12.3. The van der Waals surface area contributed by atoms with Crippen LogP contribution in [0.1, 0.15) is 11.3 Å². The number of benzene rings is 2. The van der Waals surface area contributed by atoms with E-state index in [0.29, 0.717) is 18.4 Å². The first-order chi connectivity index (χ1) is 14.3. The zero-order chi connectivity index (χ0) is 23.1. The molecule has 166 valence electrons. The molecular weight excluding hydrogens is 452 g/mol. The smallest absolute Gasteiger partial charge is 0.405 e. The van der Waals surface area contributed by atoms with Gasteiger partial charge in [0, 0.05) is 17.4 Å². The van der Waals surface area contributed by atoms with Crippen LogP contribution in [0.2, 0.25) is 0 Å². The molecule has 5 nitrogen and oxygen atoms in total. The highest BCUT2D eigenvalue weighted by molar-refractivity contribution is 7.90. The molecule has 2 aromatic carbocycles. The molecule has 1 heterocycles. The van der Waals surface area contributed by atoms with Gasteiger partial charge >= 0.3 is 6.36 Å². The second-order valence-electron chi connectivity index (χ2n) is 6.53. The molecule has 0 unspecified atom stereocenters. The van der Waals surface area contributed by atoms with Gasteiger partial charge in [-0.3, -0.25) is 0 Å². The van der Waals surface area contributed by atoms with Crippen LogP contribution in [-0.2, 0) is 16.5 Å². The molecule has 0 radical (unpaired) electrons. The molecule has 3 rings (SSSR count). The van der Waals surface area contributed by atoms with Gasteiger partial charge in [0.25, 0.3) is 0 Å². The lowest BCUT2D eigenvalue weighted by atomic mass is 9.98. The Hall–Kier alpha value is -3.02. The van der Waals surface area contributed by atoms with E-state index >= 15 is 0 Å². The minimum Gasteiger partial charge on any atom is -0.405 e. The number of aromatic nitrogens is 1. The van der Waals surface area contributed by atoms with Crippen molar-refractivity contribution in [1.29, 1.82) is 0 Å². The summed E-state index contributed by atoms with van der Waals surface area (Å²) >= 11 is 0. The van der Waals surface area contributed by atoms with Gasteiger partial charge in [0.2, 0.25) is 0 Å². The molecule has 0 saturated carbocycles. The molecule has 3 aromatic rings. The van der Waals surface area contributed by atoms with Crippen molar-refractivity contribution in [3.63, 3.8) is 0 Å². The van der Waals surface area contributed by atoms with E-state index < -0.39 is 56.5 Å². The van der Waals surface area contributed by atoms with Crippen LogP contribution < -0.4 is 4.74 Å². The predicted octanol–water partition coefficient (Wildman–Crippen LogP) is 5.37. The van der Waals surface area contributed by atoms with E-state index in [-0.39, 0.29) is 22.4 Å². The lowest BCUT2D eigenvalue weighted by molar-refractivity contribution is -0.274. The Labute approximate surface area is 172 Å². The second-order valence-corrected chi connectivity index (χ2v) is 8.51.